The largest absolute Gasteiger partial charge is 0.288 e. The number of hydrogen-bond donors (Lipinski definition) is 2. The molecule has 0 radical (unpaired) electrons. The molecule has 0 unspecified atom stereocenters. The molecule has 1 aliphatic heterocycles. The van der Waals surface area contributed by atoms with Gasteiger partial charge in [-0.3, -0.25) is 14.9 Å². The van der Waals surface area contributed by atoms with Gasteiger partial charge in [0.2, 0.25) is 0 Å². The lowest BCUT2D eigenvalue weighted by Crippen LogP contribution is -2.20. The molecule has 0 aliphatic carbocycles. The Balaban J connectivity index is 2.78. The summed E-state index contributed by atoms with van der Waals surface area (Å²) in [5, 5.41) is 2.18. The number of carbonyl (C=O) groups is 2. The Morgan fingerprint density at radius 3 is 2.31 bits per heavy atom. The van der Waals surface area contributed by atoms with Gasteiger partial charge >= 0.3 is 0 Å². The van der Waals surface area contributed by atoms with E-state index in [1.54, 1.807) is 12.1 Å². The second-order valence-corrected chi connectivity index (χ2v) is 15.7. The predicted molar refractivity (Wildman–Crippen MR) is 69.0 cm³/mol. The highest BCUT2D eigenvalue weighted by atomic mass is 36.2. The van der Waals surface area contributed by atoms with Gasteiger partial charge < -0.3 is 0 Å². The van der Waals surface area contributed by atoms with E-state index in [1.807, 2.05) is 0 Å². The number of hydrogen-bond acceptors (Lipinski definition) is 2. The van der Waals surface area contributed by atoms with E-state index < -0.39 is 18.6 Å². The maximum absolute atomic E-state index is 11.6. The van der Waals surface area contributed by atoms with Crippen LogP contribution in [-0.4, -0.2) is 18.1 Å². The maximum Gasteiger partial charge on any atom is 0.260 e. The summed E-state index contributed by atoms with van der Waals surface area (Å²) in [4.78, 5) is 23.3. The molecule has 3 nitrogen and oxygen atoms in total. The summed E-state index contributed by atoms with van der Waals surface area (Å²) in [6, 6.07) is 4.71. The van der Waals surface area contributed by atoms with Crippen LogP contribution in [0.25, 0.3) is 0 Å². The highest BCUT2D eigenvalue weighted by Gasteiger charge is 2.39. The van der Waals surface area contributed by atoms with Crippen LogP contribution < -0.4 is 5.32 Å². The highest BCUT2D eigenvalue weighted by Crippen LogP contribution is 2.86. The zero-order valence-corrected chi connectivity index (χ0v) is 11.3. The standard InChI is InChI=1S/C9H8Cl3NO2S/c1-16(10,11,12)6-4-2-3-5-7(6)9(15)13-8(5)14/h2-4,16H,1H3,(H,13,14,15). The number of halogens is 3. The minimum absolute atomic E-state index is 0.188. The number of fused-ring (bicyclic) bond motifs is 1. The number of imide groups is 1. The van der Waals surface area contributed by atoms with Crippen LogP contribution in [0.3, 0.4) is 0 Å². The summed E-state index contributed by atoms with van der Waals surface area (Å²) < 4.78 is 0. The molecule has 7 heteroatoms. The van der Waals surface area contributed by atoms with E-state index in [9.17, 15) is 9.59 Å². The van der Waals surface area contributed by atoms with Crippen molar-refractivity contribution in [3.05, 3.63) is 29.3 Å². The Kier molecular flexibility index (Phi) is 2.48. The van der Waals surface area contributed by atoms with E-state index in [0.717, 1.165) is 0 Å². The van der Waals surface area contributed by atoms with Crippen LogP contribution in [-0.2, 0) is 0 Å². The van der Waals surface area contributed by atoms with E-state index in [1.165, 1.54) is 12.3 Å². The second-order valence-electron chi connectivity index (χ2n) is 3.66. The number of carbonyl (C=O) groups excluding carboxylic acids is 2. The fourth-order valence-electron chi connectivity index (χ4n) is 1.60. The summed E-state index contributed by atoms with van der Waals surface area (Å²) in [5.41, 5.74) is 0.452. The third kappa shape index (κ3) is 1.91. The van der Waals surface area contributed by atoms with E-state index in [-0.39, 0.29) is 11.1 Å². The highest BCUT2D eigenvalue weighted by molar-refractivity contribution is 8.91. The Labute approximate surface area is 106 Å². The van der Waals surface area contributed by atoms with Gasteiger partial charge in [0, 0.05) is 4.90 Å². The SMILES string of the molecule is C[SH](Cl)(Cl)(Cl)c1cccc2c1C(=O)NC2=O. The topological polar surface area (TPSA) is 46.2 Å². The zero-order valence-electron chi connectivity index (χ0n) is 8.13. The Morgan fingerprint density at radius 1 is 1.12 bits per heavy atom. The van der Waals surface area contributed by atoms with Crippen LogP contribution in [0.15, 0.2) is 23.1 Å². The fourth-order valence-corrected chi connectivity index (χ4v) is 3.97. The summed E-state index contributed by atoms with van der Waals surface area (Å²) in [6.45, 7) is -3.63. The van der Waals surface area contributed by atoms with E-state index in [4.69, 9.17) is 32.0 Å². The molecule has 1 aromatic rings. The molecule has 1 aliphatic rings. The quantitative estimate of drug-likeness (QED) is 0.618. The number of thiol groups is 1. The first kappa shape index (κ1) is 12.0. The third-order valence-electron chi connectivity index (χ3n) is 2.26. The van der Waals surface area contributed by atoms with Gasteiger partial charge in [0.1, 0.15) is 0 Å². The van der Waals surface area contributed by atoms with Crippen molar-refractivity contribution in [2.75, 3.05) is 6.26 Å². The number of amides is 2. The summed E-state index contributed by atoms with van der Waals surface area (Å²) in [7, 11) is 18.2. The Hall–Kier alpha value is -0.420. The first-order chi connectivity index (χ1) is 7.17. The lowest BCUT2D eigenvalue weighted by Gasteiger charge is -2.39. The molecule has 0 atom stereocenters. The monoisotopic (exact) mass is 299 g/mol. The molecule has 0 bridgehead atoms. The van der Waals surface area contributed by atoms with Crippen molar-refractivity contribution in [2.45, 2.75) is 4.90 Å². The van der Waals surface area contributed by atoms with Gasteiger partial charge in [0.15, 0.2) is 0 Å². The molecule has 16 heavy (non-hydrogen) atoms. The first-order valence-corrected chi connectivity index (χ1v) is 9.73. The Morgan fingerprint density at radius 2 is 1.75 bits per heavy atom. The lowest BCUT2D eigenvalue weighted by molar-refractivity contribution is 0.0879. The molecule has 0 saturated heterocycles. The molecule has 0 saturated carbocycles. The molecule has 2 rings (SSSR count). The van der Waals surface area contributed by atoms with Crippen molar-refractivity contribution in [3.63, 3.8) is 0 Å². The fraction of sp³-hybridized carbons (Fsp3) is 0.111. The molecule has 0 aromatic heterocycles. The van der Waals surface area contributed by atoms with Gasteiger partial charge in [-0.05, 0) is 18.4 Å². The van der Waals surface area contributed by atoms with Gasteiger partial charge in [-0.25, -0.2) is 0 Å². The molecule has 0 spiro atoms. The van der Waals surface area contributed by atoms with E-state index >= 15 is 0 Å². The normalized spacial score (nSPS) is 17.6. The minimum Gasteiger partial charge on any atom is -0.288 e. The van der Waals surface area contributed by atoms with Crippen molar-refractivity contribution < 1.29 is 9.59 Å². The van der Waals surface area contributed by atoms with E-state index in [2.05, 4.69) is 5.32 Å². The predicted octanol–water partition coefficient (Wildman–Crippen LogP) is 3.09. The summed E-state index contributed by atoms with van der Waals surface area (Å²) in [6.07, 6.45) is 1.47. The summed E-state index contributed by atoms with van der Waals surface area (Å²) in [5.74, 6) is -0.958. The second kappa shape index (κ2) is 3.29. The molecular weight excluding hydrogens is 293 g/mol. The van der Waals surface area contributed by atoms with Crippen molar-refractivity contribution in [3.8, 4) is 0 Å². The van der Waals surface area contributed by atoms with Crippen LogP contribution in [0, 0.1) is 0 Å². The van der Waals surface area contributed by atoms with Crippen LogP contribution >= 0.6 is 38.8 Å². The Bertz CT molecular complexity index is 512. The molecule has 2 amide bonds. The van der Waals surface area contributed by atoms with Gasteiger partial charge in [-0.2, -0.15) is 0 Å². The lowest BCUT2D eigenvalue weighted by atomic mass is 10.1. The van der Waals surface area contributed by atoms with Crippen molar-refractivity contribution in [2.24, 2.45) is 0 Å². The molecule has 88 valence electrons. The van der Waals surface area contributed by atoms with E-state index in [0.29, 0.717) is 4.90 Å². The van der Waals surface area contributed by atoms with Gasteiger partial charge in [0.05, 0.1) is 11.1 Å². The molecule has 0 fully saturated rings. The molecular formula is C9H8Cl3NO2S. The molecule has 1 heterocycles. The van der Waals surface area contributed by atoms with Crippen molar-refractivity contribution >= 4 is 50.7 Å². The van der Waals surface area contributed by atoms with Gasteiger partial charge in [-0.1, -0.05) is 44.9 Å². The van der Waals surface area contributed by atoms with Crippen molar-refractivity contribution in [1.82, 2.24) is 5.32 Å². The first-order valence-electron chi connectivity index (χ1n) is 4.33. The minimum atomic E-state index is -3.63. The smallest absolute Gasteiger partial charge is 0.260 e. The third-order valence-corrected chi connectivity index (χ3v) is 5.30. The number of rotatable bonds is 1. The number of nitrogens with one attached hydrogen (secondary N) is 1. The molecule has 1 aromatic carbocycles. The maximum atomic E-state index is 11.6. The van der Waals surface area contributed by atoms with Crippen LogP contribution in [0.2, 0.25) is 0 Å². The van der Waals surface area contributed by atoms with Crippen molar-refractivity contribution in [1.29, 1.82) is 0 Å². The van der Waals surface area contributed by atoms with Crippen LogP contribution in [0.5, 0.6) is 0 Å². The average molecular weight is 301 g/mol. The average Bonchev–Trinajstić information content (AvgIpc) is 2.40. The van der Waals surface area contributed by atoms with Crippen LogP contribution in [0.1, 0.15) is 20.7 Å². The molecule has 1 N–H and O–H groups in total. The van der Waals surface area contributed by atoms with Gasteiger partial charge in [-0.15, -0.1) is 0 Å². The number of benzene rings is 1. The van der Waals surface area contributed by atoms with Gasteiger partial charge in [0.25, 0.3) is 11.8 Å². The summed E-state index contributed by atoms with van der Waals surface area (Å²) >= 11 is 0. The van der Waals surface area contributed by atoms with Crippen LogP contribution in [0.4, 0.5) is 0 Å². The zero-order chi connectivity index (χ0) is 12.2.